The highest BCUT2D eigenvalue weighted by molar-refractivity contribution is 6.36. The molecule has 324 valence electrons. The number of aromatic nitrogens is 1. The van der Waals surface area contributed by atoms with Crippen LogP contribution in [0.3, 0.4) is 0 Å². The minimum Gasteiger partial charge on any atom is -0.508 e. The van der Waals surface area contributed by atoms with Crippen molar-refractivity contribution in [1.29, 1.82) is 0 Å². The van der Waals surface area contributed by atoms with Crippen LogP contribution < -0.4 is 19.8 Å². The number of rotatable bonds is 8. The molecule has 5 aromatic carbocycles. The molecule has 2 aliphatic carbocycles. The number of anilines is 2. The van der Waals surface area contributed by atoms with Crippen molar-refractivity contribution in [2.75, 3.05) is 17.4 Å². The molecule has 2 aliphatic heterocycles. The summed E-state index contributed by atoms with van der Waals surface area (Å²) in [6.45, 7) is 0. The monoisotopic (exact) mass is 908 g/mol. The number of nitrogens with one attached hydrogen (secondary N) is 1. The lowest BCUT2D eigenvalue weighted by Gasteiger charge is -2.50. The number of allylic oxidation sites excluding steroid dienone is 2. The Hall–Kier alpha value is -6.84. The Balaban J connectivity index is 1.11. The van der Waals surface area contributed by atoms with Gasteiger partial charge in [-0.15, -0.1) is 13.2 Å². The van der Waals surface area contributed by atoms with Crippen molar-refractivity contribution in [2.24, 2.45) is 23.7 Å². The van der Waals surface area contributed by atoms with E-state index in [2.05, 4.69) is 15.1 Å². The van der Waals surface area contributed by atoms with Crippen LogP contribution in [0, 0.1) is 23.7 Å². The molecule has 3 heterocycles. The van der Waals surface area contributed by atoms with Crippen LogP contribution >= 0.6 is 23.2 Å². The van der Waals surface area contributed by atoms with Crippen molar-refractivity contribution >= 4 is 69.3 Å². The summed E-state index contributed by atoms with van der Waals surface area (Å²) >= 11 is 12.7. The van der Waals surface area contributed by atoms with Crippen LogP contribution in [0.25, 0.3) is 22.6 Å². The number of alkyl halides is 3. The zero-order valence-corrected chi connectivity index (χ0v) is 34.8. The molecule has 2 saturated heterocycles. The van der Waals surface area contributed by atoms with Gasteiger partial charge in [0.25, 0.3) is 11.8 Å². The zero-order chi connectivity index (χ0) is 44.8. The smallest absolute Gasteiger partial charge is 0.508 e. The molecule has 0 bridgehead atoms. The summed E-state index contributed by atoms with van der Waals surface area (Å²) in [4.78, 5) is 65.5. The van der Waals surface area contributed by atoms with Gasteiger partial charge in [-0.3, -0.25) is 29.5 Å². The van der Waals surface area contributed by atoms with E-state index in [0.29, 0.717) is 33.9 Å². The Morgan fingerprint density at radius 2 is 1.59 bits per heavy atom. The largest absolute Gasteiger partial charge is 0.573 e. The van der Waals surface area contributed by atoms with Crippen molar-refractivity contribution in [2.45, 2.75) is 30.5 Å². The normalized spacial score (nSPS) is 24.1. The number of fused-ring (bicyclic) bond motifs is 5. The van der Waals surface area contributed by atoms with Crippen LogP contribution in [0.1, 0.15) is 29.9 Å². The van der Waals surface area contributed by atoms with Crippen LogP contribution in [0.15, 0.2) is 125 Å². The van der Waals surface area contributed by atoms with Gasteiger partial charge in [-0.1, -0.05) is 59.1 Å². The first kappa shape index (κ1) is 41.2. The lowest BCUT2D eigenvalue weighted by Crippen LogP contribution is -2.53. The number of hydrogen-bond donors (Lipinski definition) is 2. The standard InChI is InChI=1S/C47H33Cl2F3N4O8/c1-62-27-13-8-24(9-14-27)46-33(43(59)56(45(46)61)54-35-18-10-25(48)20-34(35)49)22-31-29(40(46)32-21-28(15-19-37(32)57)64-47(50,51)52)16-17-30-39(31)44(60)55(42(30)58)26-11-6-23(7-12-26)41-53-36-4-2-3-5-38(36)63-41/h2-16,18-21,30-31,33,39-40,54,57H,17,22H2,1H3/t30-,31+,33-,39-,40+,46+/m0/s1. The lowest BCUT2D eigenvalue weighted by molar-refractivity contribution is -0.274. The summed E-state index contributed by atoms with van der Waals surface area (Å²) in [5.74, 6) is -8.65. The van der Waals surface area contributed by atoms with Gasteiger partial charge in [0.1, 0.15) is 22.8 Å². The second-order valence-electron chi connectivity index (χ2n) is 16.0. The van der Waals surface area contributed by atoms with E-state index in [1.54, 1.807) is 60.7 Å². The first-order valence-electron chi connectivity index (χ1n) is 20.0. The fourth-order valence-electron chi connectivity index (χ4n) is 10.2. The highest BCUT2D eigenvalue weighted by Gasteiger charge is 2.71. The number of imide groups is 2. The van der Waals surface area contributed by atoms with E-state index in [4.69, 9.17) is 32.4 Å². The lowest BCUT2D eigenvalue weighted by atomic mass is 9.49. The van der Waals surface area contributed by atoms with Crippen molar-refractivity contribution in [1.82, 2.24) is 9.99 Å². The first-order valence-corrected chi connectivity index (χ1v) is 20.8. The predicted octanol–water partition coefficient (Wildman–Crippen LogP) is 9.60. The topological polar surface area (TPSA) is 152 Å². The van der Waals surface area contributed by atoms with Gasteiger partial charge in [0.2, 0.25) is 17.7 Å². The molecule has 6 atom stereocenters. The van der Waals surface area contributed by atoms with Crippen molar-refractivity contribution in [3.05, 3.63) is 142 Å². The summed E-state index contributed by atoms with van der Waals surface area (Å²) < 4.78 is 57.0. The van der Waals surface area contributed by atoms with Crippen LogP contribution in [0.5, 0.6) is 17.2 Å². The van der Waals surface area contributed by atoms with Crippen molar-refractivity contribution < 1.29 is 51.3 Å². The molecule has 4 aliphatic rings. The number of benzene rings is 5. The van der Waals surface area contributed by atoms with Gasteiger partial charge >= 0.3 is 6.36 Å². The average molecular weight is 910 g/mol. The maximum Gasteiger partial charge on any atom is 0.573 e. The van der Waals surface area contributed by atoms with E-state index in [0.717, 1.165) is 28.1 Å². The number of methoxy groups -OCH3 is 1. The number of oxazole rings is 1. The summed E-state index contributed by atoms with van der Waals surface area (Å²) in [5.41, 5.74) is 3.64. The molecule has 10 rings (SSSR count). The van der Waals surface area contributed by atoms with Crippen molar-refractivity contribution in [3.8, 4) is 28.7 Å². The van der Waals surface area contributed by atoms with E-state index < -0.39 is 76.5 Å². The molecule has 2 N–H and O–H groups in total. The number of hydrogen-bond acceptors (Lipinski definition) is 10. The number of nitrogens with zero attached hydrogens (tertiary/aromatic N) is 3. The van der Waals surface area contributed by atoms with Crippen LogP contribution in [-0.4, -0.2) is 52.2 Å². The fourth-order valence-corrected chi connectivity index (χ4v) is 10.6. The van der Waals surface area contributed by atoms with Gasteiger partial charge in [-0.05, 0) is 109 Å². The third-order valence-corrected chi connectivity index (χ3v) is 13.3. The minimum atomic E-state index is -5.13. The van der Waals surface area contributed by atoms with Gasteiger partial charge in [-0.2, -0.15) is 5.01 Å². The van der Waals surface area contributed by atoms with Gasteiger partial charge in [0.15, 0.2) is 5.58 Å². The number of ether oxygens (including phenoxy) is 2. The molecule has 0 radical (unpaired) electrons. The third kappa shape index (κ3) is 6.47. The molecular weight excluding hydrogens is 876 g/mol. The summed E-state index contributed by atoms with van der Waals surface area (Å²) in [5, 5.41) is 12.9. The van der Waals surface area contributed by atoms with Crippen LogP contribution in [0.4, 0.5) is 24.5 Å². The van der Waals surface area contributed by atoms with Crippen LogP contribution in [0.2, 0.25) is 10.0 Å². The van der Waals surface area contributed by atoms with Gasteiger partial charge in [-0.25, -0.2) is 4.98 Å². The molecule has 0 unspecified atom stereocenters. The molecule has 64 heavy (non-hydrogen) atoms. The Morgan fingerprint density at radius 1 is 0.859 bits per heavy atom. The highest BCUT2D eigenvalue weighted by atomic mass is 35.5. The number of phenolic OH excluding ortho intramolecular Hbond substituents is 1. The number of carbonyl (C=O) groups is 4. The number of aromatic hydroxyl groups is 1. The maximum absolute atomic E-state index is 15.5. The number of para-hydroxylation sites is 2. The molecule has 1 saturated carbocycles. The van der Waals surface area contributed by atoms with E-state index in [1.165, 1.54) is 25.3 Å². The number of phenols is 1. The second-order valence-corrected chi connectivity index (χ2v) is 16.9. The number of carbonyl (C=O) groups excluding carboxylic acids is 4. The quantitative estimate of drug-likeness (QED) is 0.112. The number of amides is 4. The maximum atomic E-state index is 15.5. The first-order chi connectivity index (χ1) is 30.7. The van der Waals surface area contributed by atoms with Crippen LogP contribution in [-0.2, 0) is 24.6 Å². The second kappa shape index (κ2) is 15.2. The predicted molar refractivity (Wildman–Crippen MR) is 227 cm³/mol. The Labute approximate surface area is 371 Å². The van der Waals surface area contributed by atoms with Gasteiger partial charge in [0.05, 0.1) is 46.7 Å². The van der Waals surface area contributed by atoms with Gasteiger partial charge in [0, 0.05) is 22.1 Å². The number of halogens is 5. The molecule has 6 aromatic rings. The van der Waals surface area contributed by atoms with E-state index >= 15 is 9.59 Å². The third-order valence-electron chi connectivity index (χ3n) is 12.8. The molecule has 3 fully saturated rings. The molecular formula is C47H33Cl2F3N4O8. The molecule has 12 nitrogen and oxygen atoms in total. The summed E-state index contributed by atoms with van der Waals surface area (Å²) in [6, 6.07) is 27.5. The van der Waals surface area contributed by atoms with E-state index in [1.807, 2.05) is 18.2 Å². The summed E-state index contributed by atoms with van der Waals surface area (Å²) in [7, 11) is 1.44. The Morgan fingerprint density at radius 3 is 2.30 bits per heavy atom. The van der Waals surface area contributed by atoms with Crippen molar-refractivity contribution in [3.63, 3.8) is 0 Å². The zero-order valence-electron chi connectivity index (χ0n) is 33.3. The van der Waals surface area contributed by atoms with Gasteiger partial charge < -0.3 is 19.0 Å². The minimum absolute atomic E-state index is 0.00239. The fraction of sp³-hybridized carbons (Fsp3) is 0.213. The average Bonchev–Trinajstić information content (AvgIpc) is 3.89. The summed E-state index contributed by atoms with van der Waals surface area (Å²) in [6.07, 6.45) is -3.56. The number of hydrazine groups is 1. The molecule has 4 amide bonds. The highest BCUT2D eigenvalue weighted by Crippen LogP contribution is 2.65. The SMILES string of the molecule is COc1ccc([C@@]23C(=O)N(Nc4ccc(Cl)cc4Cl)C(=O)[C@@H]2C[C@@H]2C(=CC[C@@H]4C(=O)N(c5ccc(-c6nc7ccccc7o6)cc5)C(=O)[C@@H]42)[C@@H]3c2cc(OC(F)(F)F)ccc2O)cc1. The Kier molecular flexibility index (Phi) is 9.76. The molecule has 0 spiro atoms. The molecule has 1 aromatic heterocycles. The Bertz CT molecular complexity index is 2930. The van der Waals surface area contributed by atoms with E-state index in [-0.39, 0.29) is 45.4 Å². The van der Waals surface area contributed by atoms with E-state index in [9.17, 15) is 27.9 Å². The molecule has 17 heteroatoms.